The maximum atomic E-state index is 5.39. The van der Waals surface area contributed by atoms with Gasteiger partial charge in [-0.25, -0.2) is 0 Å². The lowest BCUT2D eigenvalue weighted by atomic mass is 10.2. The van der Waals surface area contributed by atoms with Crippen molar-refractivity contribution in [3.63, 3.8) is 0 Å². The molecule has 0 amide bonds. The first kappa shape index (κ1) is 11.9. The summed E-state index contributed by atoms with van der Waals surface area (Å²) in [4.78, 5) is 0. The zero-order chi connectivity index (χ0) is 10.5. The van der Waals surface area contributed by atoms with Crippen LogP contribution in [-0.2, 0) is 4.74 Å². The van der Waals surface area contributed by atoms with Crippen molar-refractivity contribution < 1.29 is 4.74 Å². The van der Waals surface area contributed by atoms with Crippen LogP contribution in [0.5, 0.6) is 0 Å². The van der Waals surface area contributed by atoms with Crippen LogP contribution in [0.2, 0.25) is 0 Å². The van der Waals surface area contributed by atoms with Gasteiger partial charge in [-0.3, -0.25) is 5.43 Å². The molecule has 0 heterocycles. The summed E-state index contributed by atoms with van der Waals surface area (Å²) in [5.74, 6) is 0.361. The number of ether oxygens (including phenoxy) is 1. The Bertz CT molecular complexity index is 230. The van der Waals surface area contributed by atoms with Crippen LogP contribution in [0.25, 0.3) is 0 Å². The summed E-state index contributed by atoms with van der Waals surface area (Å²) in [6.45, 7) is 9.27. The minimum atomic E-state index is -0.315. The van der Waals surface area contributed by atoms with E-state index in [0.29, 0.717) is 5.90 Å². The Kier molecular flexibility index (Phi) is 4.40. The standard InChI is InChI=1S/C8H15N3OS/c1-5-6(10-11-7(9)13)12-8(2,3)4/h5H,1H2,2-4H3,(H3,9,11,13). The van der Waals surface area contributed by atoms with Crippen LogP contribution < -0.4 is 11.2 Å². The van der Waals surface area contributed by atoms with Crippen LogP contribution in [0.3, 0.4) is 0 Å². The Morgan fingerprint density at radius 1 is 1.62 bits per heavy atom. The molecule has 0 saturated heterocycles. The third kappa shape index (κ3) is 7.27. The van der Waals surface area contributed by atoms with Crippen molar-refractivity contribution in [1.29, 1.82) is 0 Å². The van der Waals surface area contributed by atoms with Crippen molar-refractivity contribution in [2.75, 3.05) is 0 Å². The van der Waals surface area contributed by atoms with E-state index >= 15 is 0 Å². The molecule has 0 aliphatic rings. The summed E-state index contributed by atoms with van der Waals surface area (Å²) < 4.78 is 5.39. The van der Waals surface area contributed by atoms with E-state index in [0.717, 1.165) is 0 Å². The van der Waals surface area contributed by atoms with Gasteiger partial charge < -0.3 is 10.5 Å². The molecule has 0 aromatic heterocycles. The summed E-state index contributed by atoms with van der Waals surface area (Å²) in [7, 11) is 0. The molecule has 13 heavy (non-hydrogen) atoms. The molecule has 0 aliphatic carbocycles. The molecule has 74 valence electrons. The van der Waals surface area contributed by atoms with Crippen LogP contribution in [0, 0.1) is 0 Å². The summed E-state index contributed by atoms with van der Waals surface area (Å²) in [6, 6.07) is 0. The quantitative estimate of drug-likeness (QED) is 0.304. The smallest absolute Gasteiger partial charge is 0.230 e. The molecule has 4 nitrogen and oxygen atoms in total. The van der Waals surface area contributed by atoms with Crippen molar-refractivity contribution >= 4 is 23.2 Å². The van der Waals surface area contributed by atoms with Crippen molar-refractivity contribution in [1.82, 2.24) is 5.43 Å². The number of thiocarbonyl (C=S) groups is 1. The first-order valence-corrected chi connectivity index (χ1v) is 4.20. The van der Waals surface area contributed by atoms with Gasteiger partial charge in [-0.15, -0.1) is 5.10 Å². The van der Waals surface area contributed by atoms with Gasteiger partial charge in [-0.1, -0.05) is 6.58 Å². The molecular formula is C8H15N3OS. The molecule has 0 spiro atoms. The first-order valence-electron chi connectivity index (χ1n) is 3.80. The van der Waals surface area contributed by atoms with E-state index in [1.165, 1.54) is 6.08 Å². The van der Waals surface area contributed by atoms with E-state index in [-0.39, 0.29) is 10.7 Å². The molecule has 5 heteroatoms. The van der Waals surface area contributed by atoms with E-state index in [2.05, 4.69) is 29.3 Å². The highest BCUT2D eigenvalue weighted by Crippen LogP contribution is 2.07. The minimum Gasteiger partial charge on any atom is -0.471 e. The largest absolute Gasteiger partial charge is 0.471 e. The molecular weight excluding hydrogens is 186 g/mol. The first-order chi connectivity index (χ1) is 5.85. The lowest BCUT2D eigenvalue weighted by Gasteiger charge is -2.20. The summed E-state index contributed by atoms with van der Waals surface area (Å²) in [5, 5.41) is 3.88. The molecule has 0 saturated carbocycles. The van der Waals surface area contributed by atoms with Gasteiger partial charge in [0, 0.05) is 0 Å². The lowest BCUT2D eigenvalue weighted by molar-refractivity contribution is 0.117. The maximum Gasteiger partial charge on any atom is 0.230 e. The van der Waals surface area contributed by atoms with E-state index in [9.17, 15) is 0 Å². The van der Waals surface area contributed by atoms with Gasteiger partial charge in [0.05, 0.1) is 0 Å². The highest BCUT2D eigenvalue weighted by molar-refractivity contribution is 7.80. The zero-order valence-corrected chi connectivity index (χ0v) is 8.94. The fourth-order valence-corrected chi connectivity index (χ4v) is 0.580. The highest BCUT2D eigenvalue weighted by Gasteiger charge is 2.12. The van der Waals surface area contributed by atoms with E-state index < -0.39 is 0 Å². The number of nitrogens with two attached hydrogens (primary N) is 1. The molecule has 0 aliphatic heterocycles. The molecule has 0 unspecified atom stereocenters. The molecule has 0 aromatic carbocycles. The van der Waals surface area contributed by atoms with E-state index in [1.807, 2.05) is 20.8 Å². The Morgan fingerprint density at radius 2 is 2.15 bits per heavy atom. The fourth-order valence-electron chi connectivity index (χ4n) is 0.534. The Labute approximate surface area is 83.8 Å². The van der Waals surface area contributed by atoms with Gasteiger partial charge in [-0.2, -0.15) is 0 Å². The average molecular weight is 201 g/mol. The Balaban J connectivity index is 4.26. The lowest BCUT2D eigenvalue weighted by Crippen LogP contribution is -2.28. The van der Waals surface area contributed by atoms with Gasteiger partial charge in [0.1, 0.15) is 5.60 Å². The maximum absolute atomic E-state index is 5.39. The number of nitrogens with one attached hydrogen (secondary N) is 1. The van der Waals surface area contributed by atoms with Crippen molar-refractivity contribution in [3.05, 3.63) is 12.7 Å². The predicted octanol–water partition coefficient (Wildman–Crippen LogP) is 1.13. The molecule has 0 atom stereocenters. The van der Waals surface area contributed by atoms with Gasteiger partial charge in [0.2, 0.25) is 5.90 Å². The van der Waals surface area contributed by atoms with Crippen LogP contribution in [-0.4, -0.2) is 16.6 Å². The topological polar surface area (TPSA) is 59.6 Å². The fraction of sp³-hybridized carbons (Fsp3) is 0.500. The molecule has 3 N–H and O–H groups in total. The van der Waals surface area contributed by atoms with Crippen LogP contribution >= 0.6 is 12.2 Å². The third-order valence-electron chi connectivity index (χ3n) is 0.862. The monoisotopic (exact) mass is 201 g/mol. The van der Waals surface area contributed by atoms with Crippen LogP contribution in [0.1, 0.15) is 20.8 Å². The zero-order valence-electron chi connectivity index (χ0n) is 8.13. The van der Waals surface area contributed by atoms with Gasteiger partial charge in [-0.05, 0) is 39.1 Å². The van der Waals surface area contributed by atoms with Crippen molar-refractivity contribution in [2.45, 2.75) is 26.4 Å². The second-order valence-corrected chi connectivity index (χ2v) is 3.78. The number of hydrogen-bond acceptors (Lipinski definition) is 3. The molecule has 0 aromatic rings. The Morgan fingerprint density at radius 3 is 2.46 bits per heavy atom. The normalized spacial score (nSPS) is 12.1. The number of hydrazone groups is 1. The van der Waals surface area contributed by atoms with Gasteiger partial charge >= 0.3 is 0 Å². The van der Waals surface area contributed by atoms with Crippen LogP contribution in [0.15, 0.2) is 17.8 Å². The second kappa shape index (κ2) is 4.81. The summed E-state index contributed by atoms with van der Waals surface area (Å²) in [5.41, 5.74) is 7.29. The summed E-state index contributed by atoms with van der Waals surface area (Å²) >= 11 is 4.57. The van der Waals surface area contributed by atoms with Crippen LogP contribution in [0.4, 0.5) is 0 Å². The van der Waals surface area contributed by atoms with Crippen molar-refractivity contribution in [2.24, 2.45) is 10.8 Å². The molecule has 0 rings (SSSR count). The highest BCUT2D eigenvalue weighted by atomic mass is 32.1. The second-order valence-electron chi connectivity index (χ2n) is 3.34. The molecule has 0 bridgehead atoms. The average Bonchev–Trinajstić information content (AvgIpc) is 1.95. The minimum absolute atomic E-state index is 0.0943. The number of rotatable bonds is 2. The SMILES string of the molecule is C=CC(=NNC(N)=S)OC(C)(C)C. The number of hydrogen-bond donors (Lipinski definition) is 2. The molecule has 0 radical (unpaired) electrons. The third-order valence-corrected chi connectivity index (χ3v) is 0.953. The van der Waals surface area contributed by atoms with E-state index in [4.69, 9.17) is 10.5 Å². The van der Waals surface area contributed by atoms with Gasteiger partial charge in [0.15, 0.2) is 5.11 Å². The van der Waals surface area contributed by atoms with E-state index in [1.54, 1.807) is 0 Å². The van der Waals surface area contributed by atoms with Crippen molar-refractivity contribution in [3.8, 4) is 0 Å². The Hall–Kier alpha value is -1.10. The predicted molar refractivity (Wildman–Crippen MR) is 58.4 cm³/mol. The molecule has 0 fully saturated rings. The summed E-state index contributed by atoms with van der Waals surface area (Å²) in [6.07, 6.45) is 1.48. The van der Waals surface area contributed by atoms with Gasteiger partial charge in [0.25, 0.3) is 0 Å². The number of nitrogens with zero attached hydrogens (tertiary/aromatic N) is 1.